The van der Waals surface area contributed by atoms with Gasteiger partial charge in [0.15, 0.2) is 4.96 Å². The van der Waals surface area contributed by atoms with Crippen LogP contribution in [0.4, 0.5) is 0 Å². The van der Waals surface area contributed by atoms with Crippen molar-refractivity contribution in [2.45, 2.75) is 0 Å². The first kappa shape index (κ1) is 9.67. The van der Waals surface area contributed by atoms with E-state index in [9.17, 15) is 9.59 Å². The number of rotatable bonds is 0. The van der Waals surface area contributed by atoms with Gasteiger partial charge >= 0.3 is 0 Å². The molecule has 0 atom stereocenters. The van der Waals surface area contributed by atoms with Crippen LogP contribution in [-0.4, -0.2) is 25.9 Å². The van der Waals surface area contributed by atoms with Crippen LogP contribution in [0.3, 0.4) is 0 Å². The Kier molecular flexibility index (Phi) is 1.67. The van der Waals surface area contributed by atoms with Crippen LogP contribution in [0.1, 0.15) is 32.2 Å². The third-order valence-electron chi connectivity index (χ3n) is 2.96. The van der Waals surface area contributed by atoms with E-state index in [-0.39, 0.29) is 23.0 Å². The number of hydrogen-bond donors (Lipinski definition) is 0. The molecule has 1 aliphatic rings. The van der Waals surface area contributed by atoms with Crippen molar-refractivity contribution in [3.63, 3.8) is 0 Å². The molecule has 0 fully saturated rings. The van der Waals surface area contributed by atoms with Crippen molar-refractivity contribution in [3.05, 3.63) is 52.6 Å². The Bertz CT molecular complexity index is 831. The van der Waals surface area contributed by atoms with Gasteiger partial charge in [-0.25, -0.2) is 4.98 Å². The van der Waals surface area contributed by atoms with Gasteiger partial charge in [-0.2, -0.15) is 0 Å². The van der Waals surface area contributed by atoms with Gasteiger partial charge in [-0.1, -0.05) is 0 Å². The molecule has 86 valence electrons. The molecule has 0 saturated carbocycles. The lowest BCUT2D eigenvalue weighted by molar-refractivity contribution is 0.0969. The van der Waals surface area contributed by atoms with E-state index in [0.717, 1.165) is 0 Å². The lowest BCUT2D eigenvalue weighted by Crippen LogP contribution is -2.22. The zero-order valence-electron chi connectivity index (χ0n) is 8.95. The fourth-order valence-corrected chi connectivity index (χ4v) is 2.88. The maximum absolute atomic E-state index is 12.4. The summed E-state index contributed by atoms with van der Waals surface area (Å²) in [5.41, 5.74) is 1.10. The molecule has 0 unspecified atom stereocenters. The lowest BCUT2D eigenvalue weighted by atomic mass is 9.94. The number of aromatic nitrogens is 3. The summed E-state index contributed by atoms with van der Waals surface area (Å²) >= 11 is 1.39. The van der Waals surface area contributed by atoms with Crippen LogP contribution in [0.15, 0.2) is 29.9 Å². The second-order valence-corrected chi connectivity index (χ2v) is 4.80. The predicted octanol–water partition coefficient (Wildman–Crippen LogP) is 1.57. The van der Waals surface area contributed by atoms with E-state index in [1.54, 1.807) is 22.7 Å². The summed E-state index contributed by atoms with van der Waals surface area (Å²) in [4.78, 5) is 33.5. The third-order valence-corrected chi connectivity index (χ3v) is 3.72. The van der Waals surface area contributed by atoms with Gasteiger partial charge in [0.25, 0.3) is 0 Å². The van der Waals surface area contributed by atoms with Gasteiger partial charge in [-0.05, 0) is 12.1 Å². The van der Waals surface area contributed by atoms with Crippen LogP contribution < -0.4 is 0 Å². The van der Waals surface area contributed by atoms with Crippen molar-refractivity contribution >= 4 is 27.9 Å². The quantitative estimate of drug-likeness (QED) is 0.478. The van der Waals surface area contributed by atoms with E-state index in [0.29, 0.717) is 16.2 Å². The smallest absolute Gasteiger partial charge is 0.232 e. The Hall–Kier alpha value is -2.34. The summed E-state index contributed by atoms with van der Waals surface area (Å²) in [5, 5.41) is 1.83. The van der Waals surface area contributed by atoms with Crippen molar-refractivity contribution in [3.8, 4) is 0 Å². The first-order valence-electron chi connectivity index (χ1n) is 5.27. The summed E-state index contributed by atoms with van der Waals surface area (Å²) < 4.78 is 1.66. The Morgan fingerprint density at radius 2 is 2.06 bits per heavy atom. The average molecular weight is 255 g/mol. The van der Waals surface area contributed by atoms with Gasteiger partial charge in [-0.15, -0.1) is 11.3 Å². The lowest BCUT2D eigenvalue weighted by Gasteiger charge is -2.11. The number of nitrogens with zero attached hydrogens (tertiary/aromatic N) is 3. The highest BCUT2D eigenvalue weighted by Gasteiger charge is 2.35. The normalized spacial score (nSPS) is 13.8. The second kappa shape index (κ2) is 3.11. The Labute approximate surface area is 105 Å². The minimum atomic E-state index is -0.281. The maximum atomic E-state index is 12.4. The number of hydrogen-bond acceptors (Lipinski definition) is 5. The molecule has 0 bridgehead atoms. The van der Waals surface area contributed by atoms with Gasteiger partial charge in [0.05, 0.1) is 5.56 Å². The molecular weight excluding hydrogens is 250 g/mol. The van der Waals surface area contributed by atoms with Gasteiger partial charge in [0.2, 0.25) is 11.6 Å². The van der Waals surface area contributed by atoms with Crippen molar-refractivity contribution in [1.82, 2.24) is 14.4 Å². The number of carbonyl (C=O) groups is 2. The summed E-state index contributed by atoms with van der Waals surface area (Å²) in [6, 6.07) is 3.28. The fourth-order valence-electron chi connectivity index (χ4n) is 2.17. The molecule has 0 aromatic carbocycles. The van der Waals surface area contributed by atoms with Crippen LogP contribution in [0.25, 0.3) is 4.96 Å². The molecule has 3 aromatic heterocycles. The standard InChI is InChI=1S/C12H5N3O2S/c16-10-6-2-1-3-13-7(6)11(17)8-9(10)15-4-5-18-12(15)14-8/h1-5H. The monoisotopic (exact) mass is 255 g/mol. The highest BCUT2D eigenvalue weighted by molar-refractivity contribution is 7.15. The number of carbonyl (C=O) groups excluding carboxylic acids is 2. The van der Waals surface area contributed by atoms with Crippen LogP contribution in [0, 0.1) is 0 Å². The minimum absolute atomic E-state index is 0.195. The molecular formula is C12H5N3O2S. The largest absolute Gasteiger partial charge is 0.287 e. The molecule has 3 heterocycles. The SMILES string of the molecule is O=C1c2ncccc2C(=O)c2c1nc1sccn21. The number of thiazole rings is 1. The van der Waals surface area contributed by atoms with Gasteiger partial charge < -0.3 is 0 Å². The topological polar surface area (TPSA) is 64.3 Å². The molecule has 4 rings (SSSR count). The van der Waals surface area contributed by atoms with E-state index in [4.69, 9.17) is 0 Å². The molecule has 0 aliphatic heterocycles. The second-order valence-electron chi connectivity index (χ2n) is 3.92. The minimum Gasteiger partial charge on any atom is -0.287 e. The molecule has 1 aliphatic carbocycles. The van der Waals surface area contributed by atoms with Crippen LogP contribution >= 0.6 is 11.3 Å². The zero-order chi connectivity index (χ0) is 12.3. The molecule has 0 amide bonds. The molecule has 0 radical (unpaired) electrons. The number of fused-ring (bicyclic) bond motifs is 4. The third kappa shape index (κ3) is 1.01. The highest BCUT2D eigenvalue weighted by atomic mass is 32.1. The van der Waals surface area contributed by atoms with Crippen LogP contribution in [0.5, 0.6) is 0 Å². The van der Waals surface area contributed by atoms with Crippen LogP contribution in [-0.2, 0) is 0 Å². The first-order valence-corrected chi connectivity index (χ1v) is 6.15. The van der Waals surface area contributed by atoms with E-state index in [1.807, 2.05) is 5.38 Å². The van der Waals surface area contributed by atoms with Crippen LogP contribution in [0.2, 0.25) is 0 Å². The van der Waals surface area contributed by atoms with Gasteiger partial charge in [0.1, 0.15) is 17.1 Å². The van der Waals surface area contributed by atoms with E-state index < -0.39 is 0 Å². The van der Waals surface area contributed by atoms with Gasteiger partial charge in [0, 0.05) is 17.8 Å². The molecule has 0 spiro atoms. The zero-order valence-corrected chi connectivity index (χ0v) is 9.77. The van der Waals surface area contributed by atoms with Crippen molar-refractivity contribution in [1.29, 1.82) is 0 Å². The highest BCUT2D eigenvalue weighted by Crippen LogP contribution is 2.27. The molecule has 5 nitrogen and oxygen atoms in total. The van der Waals surface area contributed by atoms with Crippen molar-refractivity contribution < 1.29 is 9.59 Å². The van der Waals surface area contributed by atoms with Gasteiger partial charge in [-0.3, -0.25) is 19.0 Å². The Morgan fingerprint density at radius 1 is 1.17 bits per heavy atom. The van der Waals surface area contributed by atoms with Crippen molar-refractivity contribution in [2.24, 2.45) is 0 Å². The van der Waals surface area contributed by atoms with E-state index >= 15 is 0 Å². The Balaban J connectivity index is 2.14. The summed E-state index contributed by atoms with van der Waals surface area (Å²) in [5.74, 6) is -0.477. The molecule has 18 heavy (non-hydrogen) atoms. The number of ketones is 2. The summed E-state index contributed by atoms with van der Waals surface area (Å²) in [7, 11) is 0. The number of pyridine rings is 1. The Morgan fingerprint density at radius 3 is 2.94 bits per heavy atom. The predicted molar refractivity (Wildman–Crippen MR) is 64.2 cm³/mol. The number of imidazole rings is 1. The van der Waals surface area contributed by atoms with Crippen molar-refractivity contribution in [2.75, 3.05) is 0 Å². The average Bonchev–Trinajstić information content (AvgIpc) is 2.96. The molecule has 0 saturated heterocycles. The molecule has 6 heteroatoms. The summed E-state index contributed by atoms with van der Waals surface area (Å²) in [6.45, 7) is 0. The summed E-state index contributed by atoms with van der Waals surface area (Å²) in [6.07, 6.45) is 3.26. The first-order chi connectivity index (χ1) is 8.77. The van der Waals surface area contributed by atoms with E-state index in [1.165, 1.54) is 17.5 Å². The molecule has 3 aromatic rings. The molecule has 0 N–H and O–H groups in total. The maximum Gasteiger partial charge on any atom is 0.232 e. The van der Waals surface area contributed by atoms with E-state index in [2.05, 4.69) is 9.97 Å². The fraction of sp³-hybridized carbons (Fsp3) is 0.